The summed E-state index contributed by atoms with van der Waals surface area (Å²) in [5.41, 5.74) is 2.20. The number of fused-ring (bicyclic) bond motifs is 1. The van der Waals surface area contributed by atoms with Crippen molar-refractivity contribution in [2.75, 3.05) is 6.61 Å². The van der Waals surface area contributed by atoms with Crippen LogP contribution in [0.3, 0.4) is 0 Å². The van der Waals surface area contributed by atoms with Crippen molar-refractivity contribution in [1.29, 1.82) is 0 Å². The van der Waals surface area contributed by atoms with Gasteiger partial charge in [-0.25, -0.2) is 4.39 Å². The average Bonchev–Trinajstić information content (AvgIpc) is 2.94. The summed E-state index contributed by atoms with van der Waals surface area (Å²) in [4.78, 5) is 12.2. The molecule has 0 bridgehead atoms. The minimum Gasteiger partial charge on any atom is -0.493 e. The number of ether oxygens (including phenoxy) is 1. The van der Waals surface area contributed by atoms with Gasteiger partial charge in [0, 0.05) is 12.5 Å². The minimum absolute atomic E-state index is 0.108. The van der Waals surface area contributed by atoms with E-state index < -0.39 is 11.7 Å². The van der Waals surface area contributed by atoms with Crippen LogP contribution in [0, 0.1) is 5.82 Å². The average molecular weight is 334 g/mol. The Kier molecular flexibility index (Phi) is 4.53. The molecule has 1 aliphatic heterocycles. The Hall–Kier alpha value is -2.07. The molecule has 120 valence electrons. The molecule has 0 radical (unpaired) electrons. The summed E-state index contributed by atoms with van der Waals surface area (Å²) < 4.78 is 19.3. The van der Waals surface area contributed by atoms with E-state index in [1.165, 1.54) is 23.8 Å². The number of halogens is 2. The number of carbonyl (C=O) groups excluding carboxylic acids is 1. The van der Waals surface area contributed by atoms with Crippen LogP contribution in [-0.4, -0.2) is 18.6 Å². The van der Waals surface area contributed by atoms with E-state index in [2.05, 4.69) is 11.4 Å². The first-order chi connectivity index (χ1) is 11.0. The molecule has 3 rings (SSSR count). The Morgan fingerprint density at radius 1 is 1.39 bits per heavy atom. The highest BCUT2D eigenvalue weighted by molar-refractivity contribution is 6.33. The second kappa shape index (κ2) is 6.59. The molecule has 1 heterocycles. The van der Waals surface area contributed by atoms with Crippen LogP contribution in [0.15, 0.2) is 36.4 Å². The van der Waals surface area contributed by atoms with Gasteiger partial charge in [0.25, 0.3) is 5.91 Å². The standard InChI is InChI=1S/C18H17ClFNO2/c1-11(9-12-5-6-16-13(10-12)7-8-23-16)21-18(22)17-14(19)3-2-4-15(17)20/h2-6,10-11H,7-9H2,1H3,(H,21,22). The maximum absolute atomic E-state index is 13.8. The summed E-state index contributed by atoms with van der Waals surface area (Å²) >= 11 is 5.92. The van der Waals surface area contributed by atoms with E-state index in [1.54, 1.807) is 0 Å². The fraction of sp³-hybridized carbons (Fsp3) is 0.278. The Bertz CT molecular complexity index is 728. The summed E-state index contributed by atoms with van der Waals surface area (Å²) in [6, 6.07) is 10.1. The molecular formula is C18H17ClFNO2. The normalized spacial score (nSPS) is 14.0. The van der Waals surface area contributed by atoms with Gasteiger partial charge in [0.2, 0.25) is 0 Å². The van der Waals surface area contributed by atoms with E-state index in [0.717, 1.165) is 24.3 Å². The summed E-state index contributed by atoms with van der Waals surface area (Å²) in [5, 5.41) is 2.91. The molecule has 0 fully saturated rings. The van der Waals surface area contributed by atoms with Gasteiger partial charge in [0.05, 0.1) is 17.2 Å². The molecule has 1 aliphatic rings. The lowest BCUT2D eigenvalue weighted by Gasteiger charge is -2.15. The number of benzene rings is 2. The molecule has 1 atom stereocenters. The van der Waals surface area contributed by atoms with E-state index in [9.17, 15) is 9.18 Å². The zero-order valence-electron chi connectivity index (χ0n) is 12.7. The quantitative estimate of drug-likeness (QED) is 0.924. The van der Waals surface area contributed by atoms with Crippen LogP contribution in [0.2, 0.25) is 5.02 Å². The number of nitrogens with one attached hydrogen (secondary N) is 1. The molecule has 0 saturated carbocycles. The second-order valence-corrected chi connectivity index (χ2v) is 6.12. The SMILES string of the molecule is CC(Cc1ccc2c(c1)CCO2)NC(=O)c1c(F)cccc1Cl. The van der Waals surface area contributed by atoms with Crippen molar-refractivity contribution >= 4 is 17.5 Å². The summed E-state index contributed by atoms with van der Waals surface area (Å²) in [7, 11) is 0. The summed E-state index contributed by atoms with van der Waals surface area (Å²) in [6.45, 7) is 2.60. The predicted octanol–water partition coefficient (Wildman–Crippen LogP) is 3.78. The highest BCUT2D eigenvalue weighted by atomic mass is 35.5. The van der Waals surface area contributed by atoms with Gasteiger partial charge >= 0.3 is 0 Å². The Morgan fingerprint density at radius 2 is 2.22 bits per heavy atom. The molecule has 0 spiro atoms. The van der Waals surface area contributed by atoms with Crippen LogP contribution in [0.4, 0.5) is 4.39 Å². The van der Waals surface area contributed by atoms with Gasteiger partial charge in [0.15, 0.2) is 0 Å². The fourth-order valence-corrected chi connectivity index (χ4v) is 3.03. The summed E-state index contributed by atoms with van der Waals surface area (Å²) in [5.74, 6) is -0.175. The van der Waals surface area contributed by atoms with Crippen molar-refractivity contribution in [2.24, 2.45) is 0 Å². The van der Waals surface area contributed by atoms with Gasteiger partial charge in [-0.2, -0.15) is 0 Å². The fourth-order valence-electron chi connectivity index (χ4n) is 2.78. The molecule has 1 unspecified atom stereocenters. The van der Waals surface area contributed by atoms with Crippen LogP contribution in [0.25, 0.3) is 0 Å². The Balaban J connectivity index is 1.67. The van der Waals surface area contributed by atoms with E-state index in [-0.39, 0.29) is 16.6 Å². The molecule has 0 saturated heterocycles. The van der Waals surface area contributed by atoms with Gasteiger partial charge < -0.3 is 10.1 Å². The maximum atomic E-state index is 13.8. The molecule has 5 heteroatoms. The third-order valence-electron chi connectivity index (χ3n) is 3.86. The number of hydrogen-bond acceptors (Lipinski definition) is 2. The molecule has 3 nitrogen and oxygen atoms in total. The number of amides is 1. The minimum atomic E-state index is -0.614. The molecule has 1 N–H and O–H groups in total. The smallest absolute Gasteiger partial charge is 0.255 e. The lowest BCUT2D eigenvalue weighted by molar-refractivity contribution is 0.0936. The highest BCUT2D eigenvalue weighted by Gasteiger charge is 2.18. The monoisotopic (exact) mass is 333 g/mol. The number of rotatable bonds is 4. The van der Waals surface area contributed by atoms with Crippen molar-refractivity contribution < 1.29 is 13.9 Å². The van der Waals surface area contributed by atoms with Crippen LogP contribution >= 0.6 is 11.6 Å². The summed E-state index contributed by atoms with van der Waals surface area (Å²) in [6.07, 6.45) is 1.57. The molecule has 1 amide bonds. The van der Waals surface area contributed by atoms with Crippen LogP contribution in [0.1, 0.15) is 28.4 Å². The molecule has 23 heavy (non-hydrogen) atoms. The highest BCUT2D eigenvalue weighted by Crippen LogP contribution is 2.26. The van der Waals surface area contributed by atoms with Gasteiger partial charge in [-0.05, 0) is 42.7 Å². The van der Waals surface area contributed by atoms with E-state index in [0.29, 0.717) is 6.42 Å². The topological polar surface area (TPSA) is 38.3 Å². The maximum Gasteiger partial charge on any atom is 0.255 e. The molecule has 2 aromatic rings. The van der Waals surface area contributed by atoms with Gasteiger partial charge in [-0.3, -0.25) is 4.79 Å². The lowest BCUT2D eigenvalue weighted by atomic mass is 10.0. The van der Waals surface area contributed by atoms with Crippen molar-refractivity contribution in [3.8, 4) is 5.75 Å². The van der Waals surface area contributed by atoms with Crippen molar-refractivity contribution in [3.63, 3.8) is 0 Å². The van der Waals surface area contributed by atoms with E-state index in [1.807, 2.05) is 19.1 Å². The molecule has 2 aromatic carbocycles. The second-order valence-electron chi connectivity index (χ2n) is 5.72. The third-order valence-corrected chi connectivity index (χ3v) is 4.18. The van der Waals surface area contributed by atoms with Crippen molar-refractivity contribution in [3.05, 3.63) is 63.9 Å². The lowest BCUT2D eigenvalue weighted by Crippen LogP contribution is -2.34. The van der Waals surface area contributed by atoms with Crippen molar-refractivity contribution in [1.82, 2.24) is 5.32 Å². The molecule has 0 aliphatic carbocycles. The zero-order valence-corrected chi connectivity index (χ0v) is 13.5. The Morgan fingerprint density at radius 3 is 3.00 bits per heavy atom. The van der Waals surface area contributed by atoms with Crippen LogP contribution < -0.4 is 10.1 Å². The zero-order chi connectivity index (χ0) is 16.4. The van der Waals surface area contributed by atoms with E-state index >= 15 is 0 Å². The van der Waals surface area contributed by atoms with E-state index in [4.69, 9.17) is 16.3 Å². The first kappa shape index (κ1) is 15.8. The third kappa shape index (κ3) is 3.48. The first-order valence-corrected chi connectivity index (χ1v) is 7.92. The van der Waals surface area contributed by atoms with Gasteiger partial charge in [-0.15, -0.1) is 0 Å². The number of carbonyl (C=O) groups is 1. The van der Waals surface area contributed by atoms with Crippen molar-refractivity contribution in [2.45, 2.75) is 25.8 Å². The Labute approximate surface area is 139 Å². The van der Waals surface area contributed by atoms with Gasteiger partial charge in [0.1, 0.15) is 11.6 Å². The molecular weight excluding hydrogens is 317 g/mol. The first-order valence-electron chi connectivity index (χ1n) is 7.54. The van der Waals surface area contributed by atoms with Crippen LogP contribution in [0.5, 0.6) is 5.75 Å². The largest absolute Gasteiger partial charge is 0.493 e. The number of hydrogen-bond donors (Lipinski definition) is 1. The predicted molar refractivity (Wildman–Crippen MR) is 87.7 cm³/mol. The van der Waals surface area contributed by atoms with Gasteiger partial charge in [-0.1, -0.05) is 29.8 Å². The van der Waals surface area contributed by atoms with Crippen LogP contribution in [-0.2, 0) is 12.8 Å². The molecule has 0 aromatic heterocycles.